The molecule has 2 atom stereocenters. The van der Waals surface area contributed by atoms with E-state index in [1.807, 2.05) is 6.92 Å². The van der Waals surface area contributed by atoms with E-state index in [4.69, 9.17) is 9.47 Å². The second-order valence-corrected chi connectivity index (χ2v) is 3.74. The minimum atomic E-state index is -0.689. The summed E-state index contributed by atoms with van der Waals surface area (Å²) in [5.41, 5.74) is 0.573. The predicted octanol–water partition coefficient (Wildman–Crippen LogP) is 2.29. The van der Waals surface area contributed by atoms with Crippen LogP contribution >= 0.6 is 0 Å². The molecular weight excluding hydrogens is 211 g/mol. The Bertz CT molecular complexity index is 339. The minimum absolute atomic E-state index is 0.190. The van der Waals surface area contributed by atoms with Crippen LogP contribution in [-0.4, -0.2) is 24.9 Å². The maximum atomic E-state index is 13.1. The summed E-state index contributed by atoms with van der Waals surface area (Å²) in [5.74, 6) is -0.0245. The van der Waals surface area contributed by atoms with Gasteiger partial charge in [-0.05, 0) is 26.0 Å². The molecule has 0 saturated carbocycles. The zero-order valence-corrected chi connectivity index (χ0v) is 9.74. The van der Waals surface area contributed by atoms with Gasteiger partial charge in [-0.15, -0.1) is 0 Å². The molecule has 0 spiro atoms. The Morgan fingerprint density at radius 3 is 2.62 bits per heavy atom. The van der Waals surface area contributed by atoms with Crippen molar-refractivity contribution in [3.8, 4) is 5.75 Å². The monoisotopic (exact) mass is 228 g/mol. The highest BCUT2D eigenvalue weighted by molar-refractivity contribution is 5.35. The molecule has 0 fully saturated rings. The van der Waals surface area contributed by atoms with Crippen LogP contribution in [0.25, 0.3) is 0 Å². The molecule has 2 unspecified atom stereocenters. The summed E-state index contributed by atoms with van der Waals surface area (Å²) in [5, 5.41) is 9.50. The second-order valence-electron chi connectivity index (χ2n) is 3.74. The standard InChI is InChI=1S/C12H17FO3/c1-8(7-15-3)16-12-6-10(13)4-5-11(12)9(2)14/h4-6,8-9,14H,7H2,1-3H3. The molecule has 90 valence electrons. The Kier molecular flexibility index (Phi) is 4.71. The Labute approximate surface area is 94.8 Å². The molecule has 16 heavy (non-hydrogen) atoms. The van der Waals surface area contributed by atoms with Gasteiger partial charge in [0.2, 0.25) is 0 Å². The molecule has 0 aliphatic carbocycles. The smallest absolute Gasteiger partial charge is 0.128 e. The summed E-state index contributed by atoms with van der Waals surface area (Å²) < 4.78 is 23.5. The summed E-state index contributed by atoms with van der Waals surface area (Å²) in [4.78, 5) is 0. The fraction of sp³-hybridized carbons (Fsp3) is 0.500. The Hall–Kier alpha value is -1.13. The van der Waals surface area contributed by atoms with E-state index in [9.17, 15) is 9.50 Å². The van der Waals surface area contributed by atoms with Crippen LogP contribution in [0.4, 0.5) is 4.39 Å². The van der Waals surface area contributed by atoms with Crippen molar-refractivity contribution in [1.29, 1.82) is 0 Å². The maximum Gasteiger partial charge on any atom is 0.128 e. The average Bonchev–Trinajstić information content (AvgIpc) is 2.17. The van der Waals surface area contributed by atoms with Crippen molar-refractivity contribution in [2.24, 2.45) is 0 Å². The highest BCUT2D eigenvalue weighted by atomic mass is 19.1. The summed E-state index contributed by atoms with van der Waals surface area (Å²) >= 11 is 0. The summed E-state index contributed by atoms with van der Waals surface area (Å²) in [6, 6.07) is 4.10. The van der Waals surface area contributed by atoms with Gasteiger partial charge in [0.15, 0.2) is 0 Å². The van der Waals surface area contributed by atoms with E-state index in [0.717, 1.165) is 0 Å². The van der Waals surface area contributed by atoms with Crippen LogP contribution in [0.1, 0.15) is 25.5 Å². The van der Waals surface area contributed by atoms with Gasteiger partial charge >= 0.3 is 0 Å². The first-order valence-corrected chi connectivity index (χ1v) is 5.17. The van der Waals surface area contributed by atoms with E-state index >= 15 is 0 Å². The molecule has 1 N–H and O–H groups in total. The molecule has 0 radical (unpaired) electrons. The van der Waals surface area contributed by atoms with Crippen LogP contribution < -0.4 is 4.74 Å². The molecule has 3 nitrogen and oxygen atoms in total. The van der Waals surface area contributed by atoms with Gasteiger partial charge < -0.3 is 14.6 Å². The largest absolute Gasteiger partial charge is 0.488 e. The Morgan fingerprint density at radius 2 is 2.06 bits per heavy atom. The summed E-state index contributed by atoms with van der Waals surface area (Å²) in [6.07, 6.45) is -0.880. The lowest BCUT2D eigenvalue weighted by molar-refractivity contribution is 0.0884. The molecule has 0 amide bonds. The number of methoxy groups -OCH3 is 1. The third-order valence-electron chi connectivity index (χ3n) is 2.16. The third kappa shape index (κ3) is 3.47. The molecule has 1 aromatic rings. The zero-order chi connectivity index (χ0) is 12.1. The number of aliphatic hydroxyl groups is 1. The minimum Gasteiger partial charge on any atom is -0.488 e. The number of aliphatic hydroxyl groups excluding tert-OH is 1. The van der Waals surface area contributed by atoms with Gasteiger partial charge in [-0.3, -0.25) is 0 Å². The topological polar surface area (TPSA) is 38.7 Å². The first kappa shape index (κ1) is 12.9. The van der Waals surface area contributed by atoms with E-state index in [2.05, 4.69) is 0 Å². The van der Waals surface area contributed by atoms with Gasteiger partial charge in [0, 0.05) is 18.7 Å². The second kappa shape index (κ2) is 5.82. The van der Waals surface area contributed by atoms with Crippen molar-refractivity contribution in [3.05, 3.63) is 29.6 Å². The number of ether oxygens (including phenoxy) is 2. The van der Waals surface area contributed by atoms with Crippen molar-refractivity contribution < 1.29 is 19.0 Å². The molecule has 0 heterocycles. The van der Waals surface area contributed by atoms with E-state index < -0.39 is 6.10 Å². The number of halogens is 1. The van der Waals surface area contributed by atoms with Gasteiger partial charge in [0.05, 0.1) is 12.7 Å². The predicted molar refractivity (Wildman–Crippen MR) is 59.0 cm³/mol. The first-order valence-electron chi connectivity index (χ1n) is 5.17. The first-order chi connectivity index (χ1) is 7.54. The van der Waals surface area contributed by atoms with Crippen LogP contribution in [0.2, 0.25) is 0 Å². The van der Waals surface area contributed by atoms with Gasteiger partial charge in [-0.2, -0.15) is 0 Å². The molecule has 0 bridgehead atoms. The molecule has 0 saturated heterocycles. The van der Waals surface area contributed by atoms with Crippen molar-refractivity contribution in [3.63, 3.8) is 0 Å². The highest BCUT2D eigenvalue weighted by Gasteiger charge is 2.13. The van der Waals surface area contributed by atoms with Crippen molar-refractivity contribution in [2.45, 2.75) is 26.1 Å². The van der Waals surface area contributed by atoms with Crippen LogP contribution in [0.5, 0.6) is 5.75 Å². The lowest BCUT2D eigenvalue weighted by atomic mass is 10.1. The van der Waals surface area contributed by atoms with Crippen molar-refractivity contribution in [1.82, 2.24) is 0 Å². The van der Waals surface area contributed by atoms with Gasteiger partial charge in [-0.1, -0.05) is 0 Å². The Morgan fingerprint density at radius 1 is 1.38 bits per heavy atom. The fourth-order valence-electron chi connectivity index (χ4n) is 1.44. The van der Waals surface area contributed by atoms with Gasteiger partial charge in [-0.25, -0.2) is 4.39 Å². The summed E-state index contributed by atoms with van der Waals surface area (Å²) in [7, 11) is 1.57. The van der Waals surface area contributed by atoms with Crippen LogP contribution in [0.3, 0.4) is 0 Å². The van der Waals surface area contributed by atoms with E-state index in [0.29, 0.717) is 17.9 Å². The normalized spacial score (nSPS) is 14.6. The SMILES string of the molecule is COCC(C)Oc1cc(F)ccc1C(C)O. The van der Waals surface area contributed by atoms with Crippen molar-refractivity contribution in [2.75, 3.05) is 13.7 Å². The lowest BCUT2D eigenvalue weighted by Crippen LogP contribution is -2.19. The van der Waals surface area contributed by atoms with Crippen LogP contribution in [-0.2, 0) is 4.74 Å². The molecule has 4 heteroatoms. The molecule has 0 aliphatic heterocycles. The highest BCUT2D eigenvalue weighted by Crippen LogP contribution is 2.26. The molecule has 0 aliphatic rings. The average molecular weight is 228 g/mol. The van der Waals surface area contributed by atoms with E-state index in [-0.39, 0.29) is 11.9 Å². The molecular formula is C12H17FO3. The number of rotatable bonds is 5. The van der Waals surface area contributed by atoms with E-state index in [1.54, 1.807) is 14.0 Å². The molecule has 1 rings (SSSR count). The van der Waals surface area contributed by atoms with Gasteiger partial charge in [0.1, 0.15) is 17.7 Å². The molecule has 1 aromatic carbocycles. The summed E-state index contributed by atoms with van der Waals surface area (Å²) in [6.45, 7) is 3.84. The lowest BCUT2D eigenvalue weighted by Gasteiger charge is -2.18. The maximum absolute atomic E-state index is 13.1. The van der Waals surface area contributed by atoms with E-state index in [1.165, 1.54) is 18.2 Å². The Balaban J connectivity index is 2.87. The van der Waals surface area contributed by atoms with Gasteiger partial charge in [0.25, 0.3) is 0 Å². The number of hydrogen-bond donors (Lipinski definition) is 1. The zero-order valence-electron chi connectivity index (χ0n) is 9.74. The number of hydrogen-bond acceptors (Lipinski definition) is 3. The van der Waals surface area contributed by atoms with Crippen LogP contribution in [0.15, 0.2) is 18.2 Å². The number of benzene rings is 1. The third-order valence-corrected chi connectivity index (χ3v) is 2.16. The fourth-order valence-corrected chi connectivity index (χ4v) is 1.44. The van der Waals surface area contributed by atoms with Crippen LogP contribution in [0, 0.1) is 5.82 Å². The van der Waals surface area contributed by atoms with Crippen molar-refractivity contribution >= 4 is 0 Å². The molecule has 0 aromatic heterocycles. The quantitative estimate of drug-likeness (QED) is 0.840.